The van der Waals surface area contributed by atoms with Crippen LogP contribution in [0.25, 0.3) is 17.0 Å². The van der Waals surface area contributed by atoms with Crippen molar-refractivity contribution >= 4 is 51.7 Å². The number of allylic oxidation sites excluding steroid dienone is 1. The number of fused-ring (bicyclic) bond motifs is 2. The smallest absolute Gasteiger partial charge is 0.197 e. The molecule has 0 spiro atoms. The maximum absolute atomic E-state index is 12.8. The highest BCUT2D eigenvalue weighted by molar-refractivity contribution is 6.42. The van der Waals surface area contributed by atoms with Gasteiger partial charge < -0.3 is 4.57 Å². The maximum Gasteiger partial charge on any atom is 0.197 e. The summed E-state index contributed by atoms with van der Waals surface area (Å²) in [6, 6.07) is 20.4. The summed E-state index contributed by atoms with van der Waals surface area (Å²) < 4.78 is 2.08. The highest BCUT2D eigenvalue weighted by Crippen LogP contribution is 2.31. The highest BCUT2D eigenvalue weighted by atomic mass is 35.5. The third kappa shape index (κ3) is 3.07. The van der Waals surface area contributed by atoms with Crippen molar-refractivity contribution in [3.8, 4) is 0 Å². The summed E-state index contributed by atoms with van der Waals surface area (Å²) in [5.41, 5.74) is 3.97. The molecular weight excluding hydrogens is 417 g/mol. The van der Waals surface area contributed by atoms with E-state index in [9.17, 15) is 9.59 Å². The quantitative estimate of drug-likeness (QED) is 0.275. The van der Waals surface area contributed by atoms with Gasteiger partial charge >= 0.3 is 0 Å². The molecule has 0 bridgehead atoms. The SMILES string of the molecule is O=C1C(=Cc2cn(Cc3ccc(Cl)c(Cl)c3)c3ccccc23)C(=O)c2ccccc21. The molecule has 0 amide bonds. The second-order valence-electron chi connectivity index (χ2n) is 7.24. The summed E-state index contributed by atoms with van der Waals surface area (Å²) in [5.74, 6) is -0.450. The monoisotopic (exact) mass is 431 g/mol. The fourth-order valence-corrected chi connectivity index (χ4v) is 4.24. The fraction of sp³-hybridized carbons (Fsp3) is 0.0400. The molecule has 3 aromatic carbocycles. The number of aromatic nitrogens is 1. The molecule has 1 heterocycles. The van der Waals surface area contributed by atoms with Crippen LogP contribution in [0.3, 0.4) is 0 Å². The minimum Gasteiger partial charge on any atom is -0.342 e. The van der Waals surface area contributed by atoms with Crippen LogP contribution in [0, 0.1) is 0 Å². The van der Waals surface area contributed by atoms with Gasteiger partial charge in [0.25, 0.3) is 0 Å². The van der Waals surface area contributed by atoms with Crippen LogP contribution in [0.15, 0.2) is 78.5 Å². The number of benzene rings is 3. The van der Waals surface area contributed by atoms with Crippen LogP contribution < -0.4 is 0 Å². The van der Waals surface area contributed by atoms with Crippen molar-refractivity contribution in [3.63, 3.8) is 0 Å². The standard InChI is InChI=1S/C25H15Cl2NO2/c26-21-10-9-15(11-22(21)27)13-28-14-16(17-5-3-4-8-23(17)28)12-20-24(29)18-6-1-2-7-19(18)25(20)30/h1-12,14H,13H2. The number of ketones is 2. The molecule has 0 saturated heterocycles. The number of nitrogens with zero attached hydrogens (tertiary/aromatic N) is 1. The molecule has 0 fully saturated rings. The van der Waals surface area contributed by atoms with Gasteiger partial charge in [0.1, 0.15) is 0 Å². The first kappa shape index (κ1) is 18.9. The summed E-state index contributed by atoms with van der Waals surface area (Å²) in [6.07, 6.45) is 3.67. The first-order chi connectivity index (χ1) is 14.5. The number of rotatable bonds is 3. The van der Waals surface area contributed by atoms with Crippen molar-refractivity contribution in [2.75, 3.05) is 0 Å². The lowest BCUT2D eigenvalue weighted by atomic mass is 10.1. The molecule has 0 unspecified atom stereocenters. The molecule has 30 heavy (non-hydrogen) atoms. The number of halogens is 2. The van der Waals surface area contributed by atoms with Gasteiger partial charge in [-0.3, -0.25) is 9.59 Å². The highest BCUT2D eigenvalue weighted by Gasteiger charge is 2.32. The third-order valence-electron chi connectivity index (χ3n) is 5.36. The Labute approximate surface area is 183 Å². The second-order valence-corrected chi connectivity index (χ2v) is 8.05. The minimum atomic E-state index is -0.225. The van der Waals surface area contributed by atoms with Crippen LogP contribution in [0.4, 0.5) is 0 Å². The van der Waals surface area contributed by atoms with Gasteiger partial charge in [-0.2, -0.15) is 0 Å². The van der Waals surface area contributed by atoms with Gasteiger partial charge in [-0.25, -0.2) is 0 Å². The maximum atomic E-state index is 12.8. The molecule has 3 nitrogen and oxygen atoms in total. The van der Waals surface area contributed by atoms with Gasteiger partial charge in [0.05, 0.1) is 15.6 Å². The molecular formula is C25H15Cl2NO2. The summed E-state index contributed by atoms with van der Waals surface area (Å²) >= 11 is 12.2. The predicted octanol–water partition coefficient (Wildman–Crippen LogP) is 6.46. The molecule has 0 atom stereocenters. The Hall–Kier alpha value is -3.14. The Balaban J connectivity index is 1.60. The van der Waals surface area contributed by atoms with Crippen molar-refractivity contribution in [3.05, 3.63) is 111 Å². The second kappa shape index (κ2) is 7.28. The first-order valence-corrected chi connectivity index (χ1v) is 10.2. The van der Waals surface area contributed by atoms with E-state index in [-0.39, 0.29) is 17.1 Å². The van der Waals surface area contributed by atoms with Gasteiger partial charge in [0, 0.05) is 40.3 Å². The normalized spacial score (nSPS) is 13.2. The van der Waals surface area contributed by atoms with E-state index in [2.05, 4.69) is 4.57 Å². The molecule has 5 heteroatoms. The average Bonchev–Trinajstić information content (AvgIpc) is 3.22. The van der Waals surface area contributed by atoms with Crippen molar-refractivity contribution in [2.45, 2.75) is 6.54 Å². The molecule has 0 radical (unpaired) electrons. The van der Waals surface area contributed by atoms with Crippen LogP contribution in [0.2, 0.25) is 10.0 Å². The summed E-state index contributed by atoms with van der Waals surface area (Å²) in [7, 11) is 0. The number of carbonyl (C=O) groups is 2. The van der Waals surface area contributed by atoms with E-state index in [1.54, 1.807) is 36.4 Å². The van der Waals surface area contributed by atoms with Crippen LogP contribution in [0.1, 0.15) is 31.8 Å². The Morgan fingerprint density at radius 1 is 0.800 bits per heavy atom. The van der Waals surface area contributed by atoms with Crippen molar-refractivity contribution < 1.29 is 9.59 Å². The van der Waals surface area contributed by atoms with E-state index in [1.807, 2.05) is 42.6 Å². The zero-order valence-electron chi connectivity index (χ0n) is 15.7. The topological polar surface area (TPSA) is 39.1 Å². The van der Waals surface area contributed by atoms with E-state index >= 15 is 0 Å². The molecule has 1 aromatic heterocycles. The van der Waals surface area contributed by atoms with Gasteiger partial charge in [-0.05, 0) is 29.8 Å². The molecule has 146 valence electrons. The summed E-state index contributed by atoms with van der Waals surface area (Å²) in [6.45, 7) is 0.586. The molecule has 1 aliphatic carbocycles. The van der Waals surface area contributed by atoms with Crippen LogP contribution in [-0.2, 0) is 6.54 Å². The molecule has 1 aliphatic rings. The molecule has 5 rings (SSSR count). The minimum absolute atomic E-state index is 0.202. The van der Waals surface area contributed by atoms with Crippen LogP contribution in [0.5, 0.6) is 0 Å². The number of hydrogen-bond donors (Lipinski definition) is 0. The number of carbonyl (C=O) groups excluding carboxylic acids is 2. The van der Waals surface area contributed by atoms with E-state index in [0.29, 0.717) is 27.7 Å². The number of Topliss-reactive ketones (excluding diaryl/α,β-unsaturated/α-hetero) is 2. The van der Waals surface area contributed by atoms with Gasteiger partial charge in [0.15, 0.2) is 11.6 Å². The van der Waals surface area contributed by atoms with E-state index < -0.39 is 0 Å². The van der Waals surface area contributed by atoms with Crippen molar-refractivity contribution in [1.29, 1.82) is 0 Å². The lowest BCUT2D eigenvalue weighted by Crippen LogP contribution is -2.00. The third-order valence-corrected chi connectivity index (χ3v) is 6.10. The van der Waals surface area contributed by atoms with E-state index in [1.165, 1.54) is 0 Å². The van der Waals surface area contributed by atoms with Crippen LogP contribution in [-0.4, -0.2) is 16.1 Å². The largest absolute Gasteiger partial charge is 0.342 e. The zero-order chi connectivity index (χ0) is 20.8. The molecule has 0 N–H and O–H groups in total. The molecule has 4 aromatic rings. The van der Waals surface area contributed by atoms with Crippen molar-refractivity contribution in [1.82, 2.24) is 4.57 Å². The van der Waals surface area contributed by atoms with Crippen LogP contribution >= 0.6 is 23.2 Å². The fourth-order valence-electron chi connectivity index (χ4n) is 3.91. The van der Waals surface area contributed by atoms with Crippen molar-refractivity contribution in [2.24, 2.45) is 0 Å². The lowest BCUT2D eigenvalue weighted by Gasteiger charge is -2.06. The average molecular weight is 432 g/mol. The van der Waals surface area contributed by atoms with E-state index in [4.69, 9.17) is 23.2 Å². The number of hydrogen-bond acceptors (Lipinski definition) is 2. The first-order valence-electron chi connectivity index (χ1n) is 9.45. The lowest BCUT2D eigenvalue weighted by molar-refractivity contribution is 0.0990. The van der Waals surface area contributed by atoms with Gasteiger partial charge in [-0.1, -0.05) is 71.7 Å². The Kier molecular flexibility index (Phi) is 4.58. The van der Waals surface area contributed by atoms with Gasteiger partial charge in [-0.15, -0.1) is 0 Å². The Morgan fingerprint density at radius 3 is 2.17 bits per heavy atom. The number of para-hydroxylation sites is 1. The summed E-state index contributed by atoms with van der Waals surface area (Å²) in [4.78, 5) is 25.6. The molecule has 0 saturated carbocycles. The zero-order valence-corrected chi connectivity index (χ0v) is 17.2. The summed E-state index contributed by atoms with van der Waals surface area (Å²) in [5, 5.41) is 2.00. The molecule has 0 aliphatic heterocycles. The van der Waals surface area contributed by atoms with E-state index in [0.717, 1.165) is 22.0 Å². The Bertz CT molecular complexity index is 1340. The predicted molar refractivity (Wildman–Crippen MR) is 121 cm³/mol. The van der Waals surface area contributed by atoms with Gasteiger partial charge in [0.2, 0.25) is 0 Å². The Morgan fingerprint density at radius 2 is 1.47 bits per heavy atom.